The van der Waals surface area contributed by atoms with Crippen LogP contribution in [0, 0.1) is 5.82 Å². The number of nitrogens with zero attached hydrogens (tertiary/aromatic N) is 2. The number of fused-ring (bicyclic) bond motifs is 1. The van der Waals surface area contributed by atoms with Gasteiger partial charge in [-0.05, 0) is 80.6 Å². The van der Waals surface area contributed by atoms with E-state index in [-0.39, 0.29) is 30.7 Å². The Morgan fingerprint density at radius 3 is 2.54 bits per heavy atom. The van der Waals surface area contributed by atoms with Crippen LogP contribution in [0.25, 0.3) is 0 Å². The maximum Gasteiger partial charge on any atom is 0.257 e. The molecule has 0 saturated heterocycles. The Hall–Kier alpha value is -2.90. The van der Waals surface area contributed by atoms with Gasteiger partial charge in [-0.25, -0.2) is 4.39 Å². The van der Waals surface area contributed by atoms with Crippen LogP contribution >= 0.6 is 22.9 Å². The molecule has 4 rings (SSSR count). The smallest absolute Gasteiger partial charge is 0.257 e. The minimum absolute atomic E-state index is 0.0448. The highest BCUT2D eigenvalue weighted by atomic mass is 35.5. The van der Waals surface area contributed by atoms with Crippen LogP contribution in [0.4, 0.5) is 4.39 Å². The molecule has 0 unspecified atom stereocenters. The van der Waals surface area contributed by atoms with E-state index in [1.54, 1.807) is 46.6 Å². The van der Waals surface area contributed by atoms with E-state index in [9.17, 15) is 14.0 Å². The zero-order valence-corrected chi connectivity index (χ0v) is 21.5. The van der Waals surface area contributed by atoms with Gasteiger partial charge in [0.25, 0.3) is 5.91 Å². The standard InChI is InChI=1S/C27H28ClFN2O3S/c1-27(2,3)31(26(33)20-6-4-5-7-22(20)29)16-25(32)30-14-12-24-21(13-15-35-24)23(30)17-34-19-10-8-18(28)9-11-19/h4-11,13,15,23H,12,14,16-17H2,1-3H3/t23-/m1/s1. The molecule has 3 aromatic rings. The summed E-state index contributed by atoms with van der Waals surface area (Å²) in [6, 6.07) is 14.7. The third-order valence-electron chi connectivity index (χ3n) is 6.09. The second-order valence-corrected chi connectivity index (χ2v) is 10.9. The Balaban J connectivity index is 1.57. The molecule has 1 atom stereocenters. The van der Waals surface area contributed by atoms with Crippen molar-refractivity contribution in [2.45, 2.75) is 38.8 Å². The lowest BCUT2D eigenvalue weighted by Gasteiger charge is -2.40. The van der Waals surface area contributed by atoms with E-state index >= 15 is 0 Å². The largest absolute Gasteiger partial charge is 0.491 e. The molecule has 0 radical (unpaired) electrons. The van der Waals surface area contributed by atoms with Gasteiger partial charge in [0, 0.05) is 22.0 Å². The second kappa shape index (κ2) is 10.4. The van der Waals surface area contributed by atoms with Gasteiger partial charge in [-0.15, -0.1) is 11.3 Å². The van der Waals surface area contributed by atoms with Gasteiger partial charge < -0.3 is 14.5 Å². The molecule has 0 fully saturated rings. The molecular weight excluding hydrogens is 487 g/mol. The highest BCUT2D eigenvalue weighted by Gasteiger charge is 2.36. The van der Waals surface area contributed by atoms with E-state index in [1.165, 1.54) is 28.0 Å². The first-order valence-corrected chi connectivity index (χ1v) is 12.7. The Morgan fingerprint density at radius 1 is 1.14 bits per heavy atom. The molecule has 1 aliphatic heterocycles. The Bertz CT molecular complexity index is 1210. The lowest BCUT2D eigenvalue weighted by molar-refractivity contribution is -0.136. The van der Waals surface area contributed by atoms with Crippen molar-refractivity contribution < 1.29 is 18.7 Å². The highest BCUT2D eigenvalue weighted by molar-refractivity contribution is 7.10. The normalized spacial score (nSPS) is 15.5. The number of thiophene rings is 1. The molecule has 35 heavy (non-hydrogen) atoms. The predicted molar refractivity (Wildman–Crippen MR) is 137 cm³/mol. The van der Waals surface area contributed by atoms with Crippen molar-refractivity contribution in [1.82, 2.24) is 9.80 Å². The van der Waals surface area contributed by atoms with E-state index in [1.807, 2.05) is 32.2 Å². The molecule has 0 aliphatic carbocycles. The monoisotopic (exact) mass is 514 g/mol. The van der Waals surface area contributed by atoms with Crippen molar-refractivity contribution in [3.8, 4) is 5.75 Å². The first-order valence-electron chi connectivity index (χ1n) is 11.5. The van der Waals surface area contributed by atoms with Crippen molar-refractivity contribution in [1.29, 1.82) is 0 Å². The summed E-state index contributed by atoms with van der Waals surface area (Å²) in [5, 5.41) is 2.64. The number of rotatable bonds is 6. The third kappa shape index (κ3) is 5.68. The maximum absolute atomic E-state index is 14.4. The van der Waals surface area contributed by atoms with Gasteiger partial charge in [-0.1, -0.05) is 23.7 Å². The van der Waals surface area contributed by atoms with Gasteiger partial charge in [0.1, 0.15) is 24.7 Å². The molecule has 0 N–H and O–H groups in total. The van der Waals surface area contributed by atoms with E-state index in [0.29, 0.717) is 17.3 Å². The van der Waals surface area contributed by atoms with Crippen LogP contribution in [0.2, 0.25) is 5.02 Å². The van der Waals surface area contributed by atoms with E-state index in [4.69, 9.17) is 16.3 Å². The van der Waals surface area contributed by atoms with Gasteiger partial charge in [0.2, 0.25) is 5.91 Å². The fraction of sp³-hybridized carbons (Fsp3) is 0.333. The predicted octanol–water partition coefficient (Wildman–Crippen LogP) is 5.99. The number of halogens is 2. The summed E-state index contributed by atoms with van der Waals surface area (Å²) in [4.78, 5) is 31.4. The molecule has 0 bridgehead atoms. The molecule has 184 valence electrons. The maximum atomic E-state index is 14.4. The summed E-state index contributed by atoms with van der Waals surface area (Å²) in [5.41, 5.74) is 0.330. The average molecular weight is 515 g/mol. The number of benzene rings is 2. The minimum Gasteiger partial charge on any atom is -0.491 e. The van der Waals surface area contributed by atoms with Crippen LogP contribution < -0.4 is 4.74 Å². The molecule has 2 amide bonds. The number of carbonyl (C=O) groups excluding carboxylic acids is 2. The van der Waals surface area contributed by atoms with Gasteiger partial charge in [0.15, 0.2) is 0 Å². The third-order valence-corrected chi connectivity index (χ3v) is 7.34. The van der Waals surface area contributed by atoms with Crippen molar-refractivity contribution >= 4 is 34.8 Å². The van der Waals surface area contributed by atoms with E-state index in [0.717, 1.165) is 12.0 Å². The van der Waals surface area contributed by atoms with Crippen molar-refractivity contribution in [3.05, 3.63) is 86.8 Å². The molecule has 0 saturated carbocycles. The first-order chi connectivity index (χ1) is 16.6. The SMILES string of the molecule is CC(C)(C)N(CC(=O)N1CCc2sccc2[C@H]1COc1ccc(Cl)cc1)C(=O)c1ccccc1F. The molecule has 1 aromatic heterocycles. The summed E-state index contributed by atoms with van der Waals surface area (Å²) in [7, 11) is 0. The van der Waals surface area contributed by atoms with Crippen LogP contribution in [0.15, 0.2) is 60.0 Å². The topological polar surface area (TPSA) is 49.9 Å². The molecule has 2 aromatic carbocycles. The van der Waals surface area contributed by atoms with Gasteiger partial charge in [-0.3, -0.25) is 9.59 Å². The molecule has 5 nitrogen and oxygen atoms in total. The Morgan fingerprint density at radius 2 is 1.86 bits per heavy atom. The van der Waals surface area contributed by atoms with Crippen molar-refractivity contribution in [3.63, 3.8) is 0 Å². The van der Waals surface area contributed by atoms with Crippen LogP contribution in [0.3, 0.4) is 0 Å². The summed E-state index contributed by atoms with van der Waals surface area (Å²) < 4.78 is 20.4. The van der Waals surface area contributed by atoms with Crippen LogP contribution in [-0.4, -0.2) is 46.8 Å². The highest BCUT2D eigenvalue weighted by Crippen LogP contribution is 2.34. The fourth-order valence-electron chi connectivity index (χ4n) is 4.20. The Kier molecular flexibility index (Phi) is 7.47. The fourth-order valence-corrected chi connectivity index (χ4v) is 5.25. The molecule has 0 spiro atoms. The van der Waals surface area contributed by atoms with Crippen molar-refractivity contribution in [2.75, 3.05) is 19.7 Å². The summed E-state index contributed by atoms with van der Waals surface area (Å²) >= 11 is 7.65. The zero-order valence-electron chi connectivity index (χ0n) is 20.0. The number of hydrogen-bond acceptors (Lipinski definition) is 4. The van der Waals surface area contributed by atoms with Gasteiger partial charge in [0.05, 0.1) is 11.6 Å². The van der Waals surface area contributed by atoms with Gasteiger partial charge in [-0.2, -0.15) is 0 Å². The summed E-state index contributed by atoms with van der Waals surface area (Å²) in [5.74, 6) is -0.651. The summed E-state index contributed by atoms with van der Waals surface area (Å²) in [6.07, 6.45) is 0.743. The summed E-state index contributed by atoms with van der Waals surface area (Å²) in [6.45, 7) is 6.16. The van der Waals surface area contributed by atoms with E-state index < -0.39 is 17.3 Å². The number of carbonyl (C=O) groups is 2. The van der Waals surface area contributed by atoms with E-state index in [2.05, 4.69) is 0 Å². The molecular formula is C27H28ClFN2O3S. The van der Waals surface area contributed by atoms with Crippen LogP contribution in [-0.2, 0) is 11.2 Å². The number of amides is 2. The van der Waals surface area contributed by atoms with Crippen molar-refractivity contribution in [2.24, 2.45) is 0 Å². The number of ether oxygens (including phenoxy) is 1. The first kappa shape index (κ1) is 25.2. The molecule has 1 aliphatic rings. The average Bonchev–Trinajstić information content (AvgIpc) is 3.30. The molecule has 2 heterocycles. The lowest BCUT2D eigenvalue weighted by atomic mass is 9.99. The number of hydrogen-bond donors (Lipinski definition) is 0. The van der Waals surface area contributed by atoms with Gasteiger partial charge >= 0.3 is 0 Å². The quantitative estimate of drug-likeness (QED) is 0.406. The second-order valence-electron chi connectivity index (χ2n) is 9.46. The Labute approximate surface area is 214 Å². The van der Waals surface area contributed by atoms with Crippen LogP contribution in [0.5, 0.6) is 5.75 Å². The lowest BCUT2D eigenvalue weighted by Crippen LogP contribution is -2.53. The minimum atomic E-state index is -0.687. The molecule has 8 heteroatoms. The van der Waals surface area contributed by atoms with Crippen LogP contribution in [0.1, 0.15) is 47.6 Å². The zero-order chi connectivity index (χ0) is 25.2.